The minimum atomic E-state index is -3.35. The lowest BCUT2D eigenvalue weighted by Gasteiger charge is -2.31. The van der Waals surface area contributed by atoms with Crippen molar-refractivity contribution in [1.29, 1.82) is 0 Å². The molecule has 0 amide bonds. The molecule has 0 spiro atoms. The maximum atomic E-state index is 12.7. The highest BCUT2D eigenvalue weighted by Crippen LogP contribution is 2.20. The van der Waals surface area contributed by atoms with Crippen molar-refractivity contribution in [3.63, 3.8) is 0 Å². The quantitative estimate of drug-likeness (QED) is 0.829. The van der Waals surface area contributed by atoms with Crippen LogP contribution in [0.4, 0.5) is 0 Å². The van der Waals surface area contributed by atoms with Gasteiger partial charge in [0.05, 0.1) is 12.3 Å². The number of hydrogen-bond acceptors (Lipinski definition) is 5. The maximum Gasteiger partial charge on any atom is 0.218 e. The summed E-state index contributed by atoms with van der Waals surface area (Å²) >= 11 is 0. The van der Waals surface area contributed by atoms with Crippen molar-refractivity contribution in [1.82, 2.24) is 14.3 Å². The number of aryl methyl sites for hydroxylation is 1. The third-order valence-corrected chi connectivity index (χ3v) is 5.86. The van der Waals surface area contributed by atoms with Gasteiger partial charge in [0.1, 0.15) is 12.4 Å². The summed E-state index contributed by atoms with van der Waals surface area (Å²) < 4.78 is 32.7. The molecule has 1 saturated heterocycles. The first kappa shape index (κ1) is 16.9. The van der Waals surface area contributed by atoms with Gasteiger partial charge < -0.3 is 4.74 Å². The molecule has 2 heterocycles. The van der Waals surface area contributed by atoms with Crippen molar-refractivity contribution >= 4 is 10.0 Å². The minimum absolute atomic E-state index is 0.0213. The Hall–Kier alpha value is -1.99. The molecule has 0 saturated carbocycles. The van der Waals surface area contributed by atoms with Crippen molar-refractivity contribution in [3.8, 4) is 5.88 Å². The fraction of sp³-hybridized carbons (Fsp3) is 0.412. The monoisotopic (exact) mass is 347 g/mol. The van der Waals surface area contributed by atoms with Gasteiger partial charge in [-0.15, -0.1) is 0 Å². The Bertz CT molecular complexity index is 763. The summed E-state index contributed by atoms with van der Waals surface area (Å²) in [6.45, 7) is 2.88. The molecule has 1 aliphatic rings. The largest absolute Gasteiger partial charge is 0.473 e. The molecule has 1 unspecified atom stereocenters. The third-order valence-electron chi connectivity index (χ3n) is 4.05. The molecule has 7 heteroatoms. The van der Waals surface area contributed by atoms with Crippen molar-refractivity contribution in [2.24, 2.45) is 0 Å². The molecule has 6 nitrogen and oxygen atoms in total. The van der Waals surface area contributed by atoms with Crippen LogP contribution >= 0.6 is 0 Å². The van der Waals surface area contributed by atoms with Crippen molar-refractivity contribution in [2.45, 2.75) is 31.6 Å². The predicted octanol–water partition coefficient (Wildman–Crippen LogP) is 2.16. The highest BCUT2D eigenvalue weighted by Gasteiger charge is 2.30. The summed E-state index contributed by atoms with van der Waals surface area (Å²) in [5.41, 5.74) is 1.92. The fourth-order valence-corrected chi connectivity index (χ4v) is 4.36. The molecule has 2 aromatic rings. The van der Waals surface area contributed by atoms with E-state index in [-0.39, 0.29) is 11.9 Å². The maximum absolute atomic E-state index is 12.7. The predicted molar refractivity (Wildman–Crippen MR) is 91.1 cm³/mol. The number of rotatable bonds is 5. The number of piperidine rings is 1. The summed E-state index contributed by atoms with van der Waals surface area (Å²) in [7, 11) is -3.35. The molecule has 1 aliphatic heterocycles. The van der Waals surface area contributed by atoms with E-state index in [1.165, 1.54) is 10.6 Å². The molecule has 0 aliphatic carbocycles. The molecular weight excluding hydrogens is 326 g/mol. The van der Waals surface area contributed by atoms with Gasteiger partial charge in [-0.05, 0) is 25.3 Å². The van der Waals surface area contributed by atoms with Crippen molar-refractivity contribution in [2.75, 3.05) is 13.1 Å². The lowest BCUT2D eigenvalue weighted by atomic mass is 10.1. The Labute approximate surface area is 142 Å². The lowest BCUT2D eigenvalue weighted by molar-refractivity contribution is 0.124. The smallest absolute Gasteiger partial charge is 0.218 e. The first-order valence-electron chi connectivity index (χ1n) is 7.99. The summed E-state index contributed by atoms with van der Waals surface area (Å²) in [4.78, 5) is 7.88. The minimum Gasteiger partial charge on any atom is -0.473 e. The zero-order valence-corrected chi connectivity index (χ0v) is 14.4. The number of aromatic nitrogens is 2. The first-order valence-corrected chi connectivity index (χ1v) is 9.60. The van der Waals surface area contributed by atoms with Gasteiger partial charge in [-0.3, -0.25) is 0 Å². The summed E-state index contributed by atoms with van der Waals surface area (Å²) in [6, 6.07) is 9.28. The number of benzene rings is 1. The molecule has 0 N–H and O–H groups in total. The zero-order valence-electron chi connectivity index (χ0n) is 13.6. The van der Waals surface area contributed by atoms with E-state index < -0.39 is 10.0 Å². The van der Waals surface area contributed by atoms with Gasteiger partial charge in [-0.1, -0.05) is 29.8 Å². The van der Waals surface area contributed by atoms with Gasteiger partial charge in [0.2, 0.25) is 15.9 Å². The molecule has 0 bridgehead atoms. The highest BCUT2D eigenvalue weighted by atomic mass is 32.2. The number of hydrogen-bond donors (Lipinski definition) is 0. The molecule has 128 valence electrons. The summed E-state index contributed by atoms with van der Waals surface area (Å²) in [5, 5.41) is 0. The topological polar surface area (TPSA) is 72.4 Å². The summed E-state index contributed by atoms with van der Waals surface area (Å²) in [5.74, 6) is 0.501. The van der Waals surface area contributed by atoms with E-state index in [0.29, 0.717) is 19.0 Å². The van der Waals surface area contributed by atoms with E-state index in [2.05, 4.69) is 9.97 Å². The second-order valence-electron chi connectivity index (χ2n) is 6.03. The van der Waals surface area contributed by atoms with Crippen LogP contribution in [-0.2, 0) is 15.8 Å². The van der Waals surface area contributed by atoms with Crippen LogP contribution in [0.2, 0.25) is 0 Å². The number of ether oxygens (including phenoxy) is 1. The summed E-state index contributed by atoms with van der Waals surface area (Å²) in [6.07, 6.45) is 4.45. The standard InChI is InChI=1S/C17H21N3O3S/c1-14-4-6-15(7-5-14)12-24(21,22)20-10-2-3-16(11-20)23-17-8-9-18-13-19-17/h4-9,13,16H,2-3,10-12H2,1H3. The van der Waals surface area contributed by atoms with Crippen LogP contribution in [-0.4, -0.2) is 41.9 Å². The lowest BCUT2D eigenvalue weighted by Crippen LogP contribution is -2.44. The van der Waals surface area contributed by atoms with Crippen molar-refractivity contribution < 1.29 is 13.2 Å². The van der Waals surface area contributed by atoms with Gasteiger partial charge >= 0.3 is 0 Å². The van der Waals surface area contributed by atoms with Crippen LogP contribution in [0.1, 0.15) is 24.0 Å². The zero-order chi connectivity index (χ0) is 17.0. The van der Waals surface area contributed by atoms with E-state index in [1.54, 1.807) is 12.3 Å². The average Bonchev–Trinajstić information content (AvgIpc) is 2.58. The second-order valence-corrected chi connectivity index (χ2v) is 8.00. The Morgan fingerprint density at radius 2 is 2.04 bits per heavy atom. The van der Waals surface area contributed by atoms with Gasteiger partial charge in [-0.2, -0.15) is 4.31 Å². The van der Waals surface area contributed by atoms with Crippen LogP contribution < -0.4 is 4.74 Å². The third kappa shape index (κ3) is 4.30. The van der Waals surface area contributed by atoms with Crippen LogP contribution in [0.5, 0.6) is 5.88 Å². The van der Waals surface area contributed by atoms with Crippen LogP contribution in [0.3, 0.4) is 0 Å². The van der Waals surface area contributed by atoms with E-state index >= 15 is 0 Å². The van der Waals surface area contributed by atoms with Gasteiger partial charge in [0.25, 0.3) is 0 Å². The van der Waals surface area contributed by atoms with Crippen LogP contribution in [0, 0.1) is 6.92 Å². The molecule has 1 fully saturated rings. The van der Waals surface area contributed by atoms with E-state index in [1.807, 2.05) is 31.2 Å². The van der Waals surface area contributed by atoms with E-state index in [9.17, 15) is 8.42 Å². The van der Waals surface area contributed by atoms with Crippen LogP contribution in [0.25, 0.3) is 0 Å². The Kier molecular flexibility index (Phi) is 5.11. The Balaban J connectivity index is 1.65. The molecular formula is C17H21N3O3S. The molecule has 1 aromatic heterocycles. The molecule has 24 heavy (non-hydrogen) atoms. The number of nitrogens with zero attached hydrogens (tertiary/aromatic N) is 3. The normalized spacial score (nSPS) is 19.1. The second kappa shape index (κ2) is 7.27. The van der Waals surface area contributed by atoms with E-state index in [4.69, 9.17) is 4.74 Å². The Morgan fingerprint density at radius 3 is 2.75 bits per heavy atom. The van der Waals surface area contributed by atoms with Crippen molar-refractivity contribution in [3.05, 3.63) is 54.0 Å². The fourth-order valence-electron chi connectivity index (χ4n) is 2.76. The average molecular weight is 347 g/mol. The van der Waals surface area contributed by atoms with Crippen LogP contribution in [0.15, 0.2) is 42.9 Å². The Morgan fingerprint density at radius 1 is 1.25 bits per heavy atom. The van der Waals surface area contributed by atoms with Gasteiger partial charge in [-0.25, -0.2) is 18.4 Å². The van der Waals surface area contributed by atoms with Gasteiger partial charge in [0.15, 0.2) is 0 Å². The molecule has 1 atom stereocenters. The highest BCUT2D eigenvalue weighted by molar-refractivity contribution is 7.88. The molecule has 0 radical (unpaired) electrons. The van der Waals surface area contributed by atoms with Gasteiger partial charge in [0, 0.05) is 18.8 Å². The number of sulfonamides is 1. The van der Waals surface area contributed by atoms with E-state index in [0.717, 1.165) is 24.0 Å². The SMILES string of the molecule is Cc1ccc(CS(=O)(=O)N2CCCC(Oc3ccncn3)C2)cc1. The molecule has 1 aromatic carbocycles. The molecule has 3 rings (SSSR count). The first-order chi connectivity index (χ1) is 11.5.